The second kappa shape index (κ2) is 11.9. The molecule has 0 aromatic rings. The van der Waals surface area contributed by atoms with E-state index in [-0.39, 0.29) is 0 Å². The first-order chi connectivity index (χ1) is 7.35. The Hall–Kier alpha value is -0.200. The number of rotatable bonds is 11. The molecule has 0 aliphatic heterocycles. The third-order valence-corrected chi connectivity index (χ3v) is 2.29. The minimum atomic E-state index is 0.716. The van der Waals surface area contributed by atoms with Gasteiger partial charge in [0.1, 0.15) is 0 Å². The van der Waals surface area contributed by atoms with E-state index in [1.165, 1.54) is 0 Å². The maximum absolute atomic E-state index is 5.54. The highest BCUT2D eigenvalue weighted by atomic mass is 15.1. The summed E-state index contributed by atoms with van der Waals surface area (Å²) >= 11 is 0. The lowest BCUT2D eigenvalue weighted by Crippen LogP contribution is -2.37. The maximum Gasteiger partial charge on any atom is 0.0107 e. The Bertz CT molecular complexity index is 120. The quantitative estimate of drug-likeness (QED) is 0.317. The highest BCUT2D eigenvalue weighted by molar-refractivity contribution is 4.61. The van der Waals surface area contributed by atoms with Crippen LogP contribution in [0.3, 0.4) is 0 Å². The largest absolute Gasteiger partial charge is 0.330 e. The average Bonchev–Trinajstić information content (AvgIpc) is 2.25. The van der Waals surface area contributed by atoms with Crippen LogP contribution in [0.5, 0.6) is 0 Å². The lowest BCUT2D eigenvalue weighted by atomic mass is 10.3. The van der Waals surface area contributed by atoms with Crippen molar-refractivity contribution in [2.75, 3.05) is 52.4 Å². The van der Waals surface area contributed by atoms with Crippen LogP contribution in [0.25, 0.3) is 0 Å². The molecule has 0 aliphatic rings. The molecule has 0 saturated carbocycles. The van der Waals surface area contributed by atoms with Crippen LogP contribution < -0.4 is 22.5 Å². The van der Waals surface area contributed by atoms with Gasteiger partial charge in [-0.05, 0) is 39.0 Å². The van der Waals surface area contributed by atoms with E-state index in [1.807, 2.05) is 0 Å². The highest BCUT2D eigenvalue weighted by Gasteiger charge is 2.01. The van der Waals surface area contributed by atoms with E-state index >= 15 is 0 Å². The standard InChI is InChI=1S/C10H27N5/c11-3-1-6-14-7-10-15(9-5-13)8-2-4-12/h14H,1-13H2. The van der Waals surface area contributed by atoms with Crippen LogP contribution in [0.4, 0.5) is 0 Å². The zero-order chi connectivity index (χ0) is 11.4. The van der Waals surface area contributed by atoms with Crippen LogP contribution in [0.1, 0.15) is 12.8 Å². The summed E-state index contributed by atoms with van der Waals surface area (Å²) in [6.07, 6.45) is 2.09. The predicted octanol–water partition coefficient (Wildman–Crippen LogP) is -1.47. The molecule has 0 aliphatic carbocycles. The summed E-state index contributed by atoms with van der Waals surface area (Å²) in [5.41, 5.74) is 16.4. The van der Waals surface area contributed by atoms with Crippen LogP contribution in [0, 0.1) is 0 Å². The van der Waals surface area contributed by atoms with Gasteiger partial charge in [0.2, 0.25) is 0 Å². The number of hydrogen-bond acceptors (Lipinski definition) is 5. The molecule has 0 aromatic carbocycles. The van der Waals surface area contributed by atoms with Gasteiger partial charge >= 0.3 is 0 Å². The van der Waals surface area contributed by atoms with Gasteiger partial charge in [-0.2, -0.15) is 0 Å². The van der Waals surface area contributed by atoms with Crippen LogP contribution in [-0.4, -0.2) is 57.3 Å². The number of nitrogens with one attached hydrogen (secondary N) is 1. The fourth-order valence-electron chi connectivity index (χ4n) is 1.42. The second-order valence-corrected chi connectivity index (χ2v) is 3.66. The summed E-state index contributed by atoms with van der Waals surface area (Å²) in [7, 11) is 0. The smallest absolute Gasteiger partial charge is 0.0107 e. The Morgan fingerprint density at radius 3 is 2.07 bits per heavy atom. The van der Waals surface area contributed by atoms with Crippen molar-refractivity contribution < 1.29 is 0 Å². The molecule has 0 bridgehead atoms. The SMILES string of the molecule is NCCCNCCN(CCN)CCCN. The van der Waals surface area contributed by atoms with Gasteiger partial charge < -0.3 is 27.4 Å². The zero-order valence-corrected chi connectivity index (χ0v) is 9.75. The normalized spacial score (nSPS) is 11.2. The number of nitrogens with zero attached hydrogens (tertiary/aromatic N) is 1. The summed E-state index contributed by atoms with van der Waals surface area (Å²) < 4.78 is 0. The van der Waals surface area contributed by atoms with E-state index in [0.29, 0.717) is 6.54 Å². The summed E-state index contributed by atoms with van der Waals surface area (Å²) in [5.74, 6) is 0. The van der Waals surface area contributed by atoms with Crippen LogP contribution in [0.2, 0.25) is 0 Å². The average molecular weight is 217 g/mol. The van der Waals surface area contributed by atoms with Gasteiger partial charge in [-0.25, -0.2) is 0 Å². The van der Waals surface area contributed by atoms with Crippen molar-refractivity contribution >= 4 is 0 Å². The summed E-state index contributed by atoms with van der Waals surface area (Å²) in [4.78, 5) is 2.35. The van der Waals surface area contributed by atoms with Gasteiger partial charge in [0.25, 0.3) is 0 Å². The molecule has 5 nitrogen and oxygen atoms in total. The third-order valence-electron chi connectivity index (χ3n) is 2.29. The van der Waals surface area contributed by atoms with Crippen LogP contribution in [0.15, 0.2) is 0 Å². The van der Waals surface area contributed by atoms with Crippen LogP contribution in [-0.2, 0) is 0 Å². The molecule has 7 N–H and O–H groups in total. The minimum absolute atomic E-state index is 0.716. The molecular weight excluding hydrogens is 190 g/mol. The third kappa shape index (κ3) is 10.1. The monoisotopic (exact) mass is 217 g/mol. The first kappa shape index (κ1) is 14.8. The van der Waals surface area contributed by atoms with E-state index < -0.39 is 0 Å². The van der Waals surface area contributed by atoms with Crippen molar-refractivity contribution in [2.24, 2.45) is 17.2 Å². The molecule has 0 amide bonds. The molecule has 0 rings (SSSR count). The van der Waals surface area contributed by atoms with E-state index in [9.17, 15) is 0 Å². The molecule has 5 heteroatoms. The molecular formula is C10H27N5. The van der Waals surface area contributed by atoms with Crippen molar-refractivity contribution in [3.05, 3.63) is 0 Å². The van der Waals surface area contributed by atoms with E-state index in [2.05, 4.69) is 10.2 Å². The molecule has 0 heterocycles. The molecule has 92 valence electrons. The van der Waals surface area contributed by atoms with Gasteiger partial charge in [-0.3, -0.25) is 0 Å². The molecule has 15 heavy (non-hydrogen) atoms. The van der Waals surface area contributed by atoms with Gasteiger partial charge in [-0.1, -0.05) is 0 Å². The Morgan fingerprint density at radius 1 is 0.733 bits per heavy atom. The molecule has 0 radical (unpaired) electrons. The van der Waals surface area contributed by atoms with E-state index in [0.717, 1.165) is 58.7 Å². The predicted molar refractivity (Wildman–Crippen MR) is 65.7 cm³/mol. The maximum atomic E-state index is 5.54. The van der Waals surface area contributed by atoms with Gasteiger partial charge in [0, 0.05) is 26.2 Å². The molecule has 0 unspecified atom stereocenters. The van der Waals surface area contributed by atoms with Crippen molar-refractivity contribution in [2.45, 2.75) is 12.8 Å². The molecule has 0 spiro atoms. The lowest BCUT2D eigenvalue weighted by Gasteiger charge is -2.21. The van der Waals surface area contributed by atoms with E-state index in [1.54, 1.807) is 0 Å². The first-order valence-electron chi connectivity index (χ1n) is 5.88. The summed E-state index contributed by atoms with van der Waals surface area (Å²) in [5, 5.41) is 3.36. The van der Waals surface area contributed by atoms with Gasteiger partial charge in [0.05, 0.1) is 0 Å². The Balaban J connectivity index is 3.38. The highest BCUT2D eigenvalue weighted by Crippen LogP contribution is 1.88. The Labute approximate surface area is 93.4 Å². The Morgan fingerprint density at radius 2 is 1.47 bits per heavy atom. The van der Waals surface area contributed by atoms with Crippen molar-refractivity contribution in [1.29, 1.82) is 0 Å². The van der Waals surface area contributed by atoms with Crippen LogP contribution >= 0.6 is 0 Å². The summed E-state index contributed by atoms with van der Waals surface area (Å²) in [6, 6.07) is 0. The fourth-order valence-corrected chi connectivity index (χ4v) is 1.42. The van der Waals surface area contributed by atoms with Crippen molar-refractivity contribution in [1.82, 2.24) is 10.2 Å². The zero-order valence-electron chi connectivity index (χ0n) is 9.75. The molecule has 0 atom stereocenters. The first-order valence-corrected chi connectivity index (χ1v) is 5.88. The van der Waals surface area contributed by atoms with E-state index in [4.69, 9.17) is 17.2 Å². The van der Waals surface area contributed by atoms with Gasteiger partial charge in [0.15, 0.2) is 0 Å². The lowest BCUT2D eigenvalue weighted by molar-refractivity contribution is 0.278. The number of nitrogens with two attached hydrogens (primary N) is 3. The topological polar surface area (TPSA) is 93.3 Å². The fraction of sp³-hybridized carbons (Fsp3) is 1.00. The molecule has 0 fully saturated rings. The molecule has 0 saturated heterocycles. The second-order valence-electron chi connectivity index (χ2n) is 3.66. The Kier molecular flexibility index (Phi) is 11.7. The molecule has 0 aromatic heterocycles. The van der Waals surface area contributed by atoms with Crippen molar-refractivity contribution in [3.8, 4) is 0 Å². The van der Waals surface area contributed by atoms with Gasteiger partial charge in [-0.15, -0.1) is 0 Å². The minimum Gasteiger partial charge on any atom is -0.330 e. The van der Waals surface area contributed by atoms with Crippen molar-refractivity contribution in [3.63, 3.8) is 0 Å². The number of hydrogen-bond donors (Lipinski definition) is 4. The summed E-state index contributed by atoms with van der Waals surface area (Å²) in [6.45, 7) is 7.28.